The van der Waals surface area contributed by atoms with E-state index in [0.717, 1.165) is 35.9 Å². The van der Waals surface area contributed by atoms with Gasteiger partial charge in [-0.25, -0.2) is 0 Å². The first-order valence-corrected chi connectivity index (χ1v) is 8.75. The molecule has 0 radical (unpaired) electrons. The second-order valence-electron chi connectivity index (χ2n) is 5.53. The highest BCUT2D eigenvalue weighted by Gasteiger charge is 2.22. The van der Waals surface area contributed by atoms with Gasteiger partial charge in [-0.3, -0.25) is 9.36 Å². The van der Waals surface area contributed by atoms with Crippen LogP contribution >= 0.6 is 11.3 Å². The molecule has 0 spiro atoms. The van der Waals surface area contributed by atoms with Gasteiger partial charge in [0, 0.05) is 11.4 Å². The van der Waals surface area contributed by atoms with Gasteiger partial charge in [-0.05, 0) is 44.6 Å². The summed E-state index contributed by atoms with van der Waals surface area (Å²) >= 11 is 1.68. The number of fused-ring (bicyclic) bond motifs is 3. The largest absolute Gasteiger partial charge is 0.465 e. The first kappa shape index (κ1) is 14.6. The molecular formula is C16H22N2O2S. The fraction of sp³-hybridized carbons (Fsp3) is 0.625. The summed E-state index contributed by atoms with van der Waals surface area (Å²) in [6.07, 6.45) is 6.54. The molecule has 4 nitrogen and oxygen atoms in total. The van der Waals surface area contributed by atoms with E-state index >= 15 is 0 Å². The first-order valence-electron chi connectivity index (χ1n) is 7.94. The van der Waals surface area contributed by atoms with Gasteiger partial charge in [0.25, 0.3) is 5.56 Å². The summed E-state index contributed by atoms with van der Waals surface area (Å²) in [6.45, 7) is 5.29. The topological polar surface area (TPSA) is 44.1 Å². The molecule has 0 bridgehead atoms. The van der Waals surface area contributed by atoms with E-state index < -0.39 is 0 Å². The van der Waals surface area contributed by atoms with Crippen molar-refractivity contribution in [1.82, 2.24) is 9.55 Å². The van der Waals surface area contributed by atoms with Crippen LogP contribution in [0.5, 0.6) is 6.01 Å². The van der Waals surface area contributed by atoms with Gasteiger partial charge in [-0.1, -0.05) is 13.3 Å². The van der Waals surface area contributed by atoms with Crippen molar-refractivity contribution >= 4 is 21.6 Å². The van der Waals surface area contributed by atoms with Crippen LogP contribution in [0.25, 0.3) is 10.2 Å². The predicted molar refractivity (Wildman–Crippen MR) is 86.6 cm³/mol. The van der Waals surface area contributed by atoms with Gasteiger partial charge in [-0.15, -0.1) is 11.3 Å². The van der Waals surface area contributed by atoms with E-state index in [4.69, 9.17) is 4.74 Å². The van der Waals surface area contributed by atoms with E-state index in [1.807, 2.05) is 6.92 Å². The Hall–Kier alpha value is -1.36. The highest BCUT2D eigenvalue weighted by atomic mass is 32.1. The molecule has 21 heavy (non-hydrogen) atoms. The van der Waals surface area contributed by atoms with Crippen LogP contribution in [0.4, 0.5) is 0 Å². The minimum absolute atomic E-state index is 0.0938. The van der Waals surface area contributed by atoms with E-state index in [9.17, 15) is 4.79 Å². The van der Waals surface area contributed by atoms with E-state index in [1.165, 1.54) is 23.3 Å². The number of ether oxygens (including phenoxy) is 1. The zero-order valence-corrected chi connectivity index (χ0v) is 13.6. The SMILES string of the molecule is CCCCn1c(OCC)nc2sc3c(c2c1=O)CCCC3. The number of unbranched alkanes of at least 4 members (excludes halogenated alkanes) is 1. The molecule has 0 N–H and O–H groups in total. The maximum absolute atomic E-state index is 12.9. The fourth-order valence-electron chi connectivity index (χ4n) is 2.97. The molecule has 5 heteroatoms. The molecule has 0 aromatic carbocycles. The molecule has 1 aliphatic rings. The van der Waals surface area contributed by atoms with Gasteiger partial charge in [0.05, 0.1) is 12.0 Å². The van der Waals surface area contributed by atoms with Crippen molar-refractivity contribution in [3.05, 3.63) is 20.8 Å². The Kier molecular flexibility index (Phi) is 4.29. The highest BCUT2D eigenvalue weighted by molar-refractivity contribution is 7.18. The molecule has 0 atom stereocenters. The molecule has 0 amide bonds. The van der Waals surface area contributed by atoms with Crippen molar-refractivity contribution in [3.8, 4) is 6.01 Å². The summed E-state index contributed by atoms with van der Waals surface area (Å²) in [5.74, 6) is 0. The van der Waals surface area contributed by atoms with Crippen LogP contribution in [-0.2, 0) is 19.4 Å². The van der Waals surface area contributed by atoms with Crippen LogP contribution in [0.3, 0.4) is 0 Å². The van der Waals surface area contributed by atoms with Crippen molar-refractivity contribution in [3.63, 3.8) is 0 Å². The van der Waals surface area contributed by atoms with Gasteiger partial charge in [0.2, 0.25) is 0 Å². The van der Waals surface area contributed by atoms with Crippen LogP contribution in [0.15, 0.2) is 4.79 Å². The van der Waals surface area contributed by atoms with Crippen LogP contribution < -0.4 is 10.3 Å². The zero-order chi connectivity index (χ0) is 14.8. The third-order valence-electron chi connectivity index (χ3n) is 4.05. The molecule has 3 rings (SSSR count). The minimum Gasteiger partial charge on any atom is -0.465 e. The molecule has 0 unspecified atom stereocenters. The average molecular weight is 306 g/mol. The highest BCUT2D eigenvalue weighted by Crippen LogP contribution is 2.34. The Bertz CT molecular complexity index is 702. The van der Waals surface area contributed by atoms with Crippen LogP contribution in [-0.4, -0.2) is 16.2 Å². The van der Waals surface area contributed by atoms with Gasteiger partial charge in [-0.2, -0.15) is 4.98 Å². The summed E-state index contributed by atoms with van der Waals surface area (Å²) in [5.41, 5.74) is 1.35. The summed E-state index contributed by atoms with van der Waals surface area (Å²) in [7, 11) is 0. The second-order valence-corrected chi connectivity index (χ2v) is 6.61. The number of rotatable bonds is 5. The smallest absolute Gasteiger partial charge is 0.300 e. The number of aryl methyl sites for hydroxylation is 2. The second kappa shape index (κ2) is 6.18. The van der Waals surface area contributed by atoms with Crippen molar-refractivity contribution < 1.29 is 4.74 Å². The molecule has 2 aromatic rings. The third kappa shape index (κ3) is 2.59. The predicted octanol–water partition coefficient (Wildman–Crippen LogP) is 3.54. The van der Waals surface area contributed by atoms with E-state index in [0.29, 0.717) is 19.2 Å². The van der Waals surface area contributed by atoms with Crippen LogP contribution in [0.2, 0.25) is 0 Å². The van der Waals surface area contributed by atoms with Crippen molar-refractivity contribution in [2.75, 3.05) is 6.61 Å². The Morgan fingerprint density at radius 3 is 2.86 bits per heavy atom. The molecule has 0 fully saturated rings. The van der Waals surface area contributed by atoms with Gasteiger partial charge in [0.1, 0.15) is 4.83 Å². The lowest BCUT2D eigenvalue weighted by molar-refractivity contribution is 0.289. The Balaban J connectivity index is 2.19. The van der Waals surface area contributed by atoms with E-state index in [2.05, 4.69) is 11.9 Å². The molecule has 2 aromatic heterocycles. The lowest BCUT2D eigenvalue weighted by Crippen LogP contribution is -2.24. The summed E-state index contributed by atoms with van der Waals surface area (Å²) in [5, 5.41) is 0.856. The van der Waals surface area contributed by atoms with E-state index in [1.54, 1.807) is 15.9 Å². The van der Waals surface area contributed by atoms with Crippen molar-refractivity contribution in [2.24, 2.45) is 0 Å². The monoisotopic (exact) mass is 306 g/mol. The number of aromatic nitrogens is 2. The Morgan fingerprint density at radius 1 is 1.29 bits per heavy atom. The molecule has 2 heterocycles. The first-order chi connectivity index (χ1) is 10.3. The lowest BCUT2D eigenvalue weighted by atomic mass is 9.97. The molecule has 0 saturated carbocycles. The summed E-state index contributed by atoms with van der Waals surface area (Å²) in [6, 6.07) is 0.488. The third-order valence-corrected chi connectivity index (χ3v) is 5.23. The zero-order valence-electron chi connectivity index (χ0n) is 12.8. The number of nitrogens with zero attached hydrogens (tertiary/aromatic N) is 2. The molecule has 114 valence electrons. The van der Waals surface area contributed by atoms with Crippen LogP contribution in [0, 0.1) is 0 Å². The summed E-state index contributed by atoms with van der Waals surface area (Å²) in [4.78, 5) is 19.8. The summed E-state index contributed by atoms with van der Waals surface area (Å²) < 4.78 is 7.35. The Labute approximate surface area is 128 Å². The average Bonchev–Trinajstić information content (AvgIpc) is 2.85. The molecule has 0 aliphatic heterocycles. The molecule has 0 saturated heterocycles. The standard InChI is InChI=1S/C16H22N2O2S/c1-3-5-10-18-15(19)13-11-8-6-7-9-12(11)21-14(13)17-16(18)20-4-2/h3-10H2,1-2H3. The van der Waals surface area contributed by atoms with Crippen LogP contribution in [0.1, 0.15) is 50.0 Å². The lowest BCUT2D eigenvalue weighted by Gasteiger charge is -2.13. The number of thiophene rings is 1. The van der Waals surface area contributed by atoms with Gasteiger partial charge in [0.15, 0.2) is 0 Å². The normalized spacial score (nSPS) is 14.4. The minimum atomic E-state index is 0.0938. The fourth-order valence-corrected chi connectivity index (χ4v) is 4.22. The maximum Gasteiger partial charge on any atom is 0.300 e. The quantitative estimate of drug-likeness (QED) is 0.848. The number of hydrogen-bond acceptors (Lipinski definition) is 4. The van der Waals surface area contributed by atoms with Crippen molar-refractivity contribution in [2.45, 2.75) is 58.9 Å². The van der Waals surface area contributed by atoms with Crippen molar-refractivity contribution in [1.29, 1.82) is 0 Å². The van der Waals surface area contributed by atoms with E-state index in [-0.39, 0.29) is 5.56 Å². The molecule has 1 aliphatic carbocycles. The number of hydrogen-bond donors (Lipinski definition) is 0. The molecular weight excluding hydrogens is 284 g/mol. The Morgan fingerprint density at radius 2 is 2.10 bits per heavy atom. The maximum atomic E-state index is 12.9. The van der Waals surface area contributed by atoms with Gasteiger partial charge >= 0.3 is 6.01 Å². The van der Waals surface area contributed by atoms with Gasteiger partial charge < -0.3 is 4.74 Å².